The van der Waals surface area contributed by atoms with E-state index in [4.69, 9.17) is 5.11 Å². The maximum atomic E-state index is 8.59. The highest BCUT2D eigenvalue weighted by molar-refractivity contribution is 7.10. The molecule has 2 N–H and O–H groups in total. The van der Waals surface area contributed by atoms with Gasteiger partial charge in [-0.1, -0.05) is 0 Å². The minimum atomic E-state index is 0.323. The van der Waals surface area contributed by atoms with E-state index in [0.29, 0.717) is 6.61 Å². The summed E-state index contributed by atoms with van der Waals surface area (Å²) in [7, 11) is 0. The number of nitrogens with one attached hydrogen (secondary N) is 1. The summed E-state index contributed by atoms with van der Waals surface area (Å²) >= 11 is 1.82. The van der Waals surface area contributed by atoms with Gasteiger partial charge in [-0.05, 0) is 49.7 Å². The van der Waals surface area contributed by atoms with Gasteiger partial charge in [0.25, 0.3) is 0 Å². The van der Waals surface area contributed by atoms with Crippen LogP contribution in [0.3, 0.4) is 0 Å². The van der Waals surface area contributed by atoms with Crippen molar-refractivity contribution in [3.05, 3.63) is 21.9 Å². The minimum Gasteiger partial charge on any atom is -0.396 e. The molecule has 0 spiro atoms. The lowest BCUT2D eigenvalue weighted by atomic mass is 10.2. The summed E-state index contributed by atoms with van der Waals surface area (Å²) in [5.41, 5.74) is 1.39. The van der Waals surface area contributed by atoms with Gasteiger partial charge in [0, 0.05) is 18.0 Å². The molecule has 1 rings (SSSR count). The molecule has 80 valence electrons. The maximum absolute atomic E-state index is 8.59. The zero-order valence-corrected chi connectivity index (χ0v) is 9.57. The van der Waals surface area contributed by atoms with E-state index in [1.807, 2.05) is 11.3 Å². The first-order valence-corrected chi connectivity index (χ1v) is 6.07. The Morgan fingerprint density at radius 1 is 1.36 bits per heavy atom. The second-order valence-electron chi connectivity index (χ2n) is 3.49. The molecule has 2 nitrogen and oxygen atoms in total. The molecule has 3 heteroatoms. The summed E-state index contributed by atoms with van der Waals surface area (Å²) in [6.07, 6.45) is 3.21. The highest BCUT2D eigenvalue weighted by atomic mass is 32.1. The third-order valence-electron chi connectivity index (χ3n) is 2.27. The Kier molecular flexibility index (Phi) is 5.83. The van der Waals surface area contributed by atoms with Crippen molar-refractivity contribution in [2.75, 3.05) is 13.2 Å². The zero-order valence-electron chi connectivity index (χ0n) is 8.75. The smallest absolute Gasteiger partial charge is 0.0431 e. The SMILES string of the molecule is Cc1ccsc1CNCCCCCO. The topological polar surface area (TPSA) is 32.3 Å². The lowest BCUT2D eigenvalue weighted by Gasteiger charge is -2.03. The van der Waals surface area contributed by atoms with Crippen molar-refractivity contribution in [1.29, 1.82) is 0 Å². The van der Waals surface area contributed by atoms with Crippen molar-refractivity contribution in [2.45, 2.75) is 32.7 Å². The molecule has 1 aromatic heterocycles. The van der Waals surface area contributed by atoms with E-state index in [0.717, 1.165) is 32.4 Å². The Balaban J connectivity index is 2.02. The van der Waals surface area contributed by atoms with Crippen LogP contribution in [0.15, 0.2) is 11.4 Å². The molecule has 0 unspecified atom stereocenters. The molecule has 0 radical (unpaired) electrons. The third kappa shape index (κ3) is 4.22. The molecular weight excluding hydrogens is 194 g/mol. The van der Waals surface area contributed by atoms with Crippen LogP contribution in [-0.4, -0.2) is 18.3 Å². The molecule has 1 aromatic rings. The molecule has 1 heterocycles. The number of aryl methyl sites for hydroxylation is 1. The van der Waals surface area contributed by atoms with Gasteiger partial charge in [-0.2, -0.15) is 0 Å². The van der Waals surface area contributed by atoms with Gasteiger partial charge in [0.2, 0.25) is 0 Å². The van der Waals surface area contributed by atoms with Crippen molar-refractivity contribution < 1.29 is 5.11 Å². The lowest BCUT2D eigenvalue weighted by Crippen LogP contribution is -2.14. The fourth-order valence-electron chi connectivity index (χ4n) is 1.33. The van der Waals surface area contributed by atoms with Crippen LogP contribution in [0.4, 0.5) is 0 Å². The van der Waals surface area contributed by atoms with Crippen LogP contribution in [-0.2, 0) is 6.54 Å². The Bertz CT molecular complexity index is 247. The number of hydrogen-bond donors (Lipinski definition) is 2. The van der Waals surface area contributed by atoms with Gasteiger partial charge in [-0.3, -0.25) is 0 Å². The first-order chi connectivity index (χ1) is 6.84. The van der Waals surface area contributed by atoms with Gasteiger partial charge in [0.1, 0.15) is 0 Å². The number of aliphatic hydroxyl groups excluding tert-OH is 1. The average Bonchev–Trinajstić information content (AvgIpc) is 2.58. The average molecular weight is 213 g/mol. The normalized spacial score (nSPS) is 10.7. The van der Waals surface area contributed by atoms with Crippen molar-refractivity contribution in [1.82, 2.24) is 5.32 Å². The molecule has 0 atom stereocenters. The molecular formula is C11H19NOS. The second kappa shape index (κ2) is 6.98. The quantitative estimate of drug-likeness (QED) is 0.681. The monoisotopic (exact) mass is 213 g/mol. The van der Waals surface area contributed by atoms with E-state index in [9.17, 15) is 0 Å². The summed E-state index contributed by atoms with van der Waals surface area (Å²) in [4.78, 5) is 1.44. The van der Waals surface area contributed by atoms with Gasteiger partial charge in [-0.15, -0.1) is 11.3 Å². The van der Waals surface area contributed by atoms with Crippen molar-refractivity contribution >= 4 is 11.3 Å². The second-order valence-corrected chi connectivity index (χ2v) is 4.49. The molecule has 0 aliphatic carbocycles. The van der Waals surface area contributed by atoms with E-state index < -0.39 is 0 Å². The summed E-state index contributed by atoms with van der Waals surface area (Å²) in [5, 5.41) is 14.1. The van der Waals surface area contributed by atoms with Gasteiger partial charge in [-0.25, -0.2) is 0 Å². The van der Waals surface area contributed by atoms with Crippen LogP contribution in [0.1, 0.15) is 29.7 Å². The van der Waals surface area contributed by atoms with Crippen LogP contribution < -0.4 is 5.32 Å². The van der Waals surface area contributed by atoms with E-state index in [1.165, 1.54) is 10.4 Å². The number of rotatable bonds is 7. The Hall–Kier alpha value is -0.380. The number of thiophene rings is 1. The third-order valence-corrected chi connectivity index (χ3v) is 3.29. The largest absolute Gasteiger partial charge is 0.396 e. The highest BCUT2D eigenvalue weighted by Crippen LogP contribution is 2.14. The van der Waals surface area contributed by atoms with Crippen LogP contribution >= 0.6 is 11.3 Å². The van der Waals surface area contributed by atoms with Gasteiger partial charge < -0.3 is 10.4 Å². The number of unbranched alkanes of at least 4 members (excludes halogenated alkanes) is 2. The number of aliphatic hydroxyl groups is 1. The van der Waals surface area contributed by atoms with Crippen LogP contribution in [0.5, 0.6) is 0 Å². The highest BCUT2D eigenvalue weighted by Gasteiger charge is 1.97. The summed E-state index contributed by atoms with van der Waals surface area (Å²) < 4.78 is 0. The van der Waals surface area contributed by atoms with Crippen LogP contribution in [0.25, 0.3) is 0 Å². The predicted octanol–water partition coefficient (Wildman–Crippen LogP) is 2.31. The standard InChI is InChI=1S/C11H19NOS/c1-10-5-8-14-11(10)9-12-6-3-2-4-7-13/h5,8,12-13H,2-4,6-7,9H2,1H3. The maximum Gasteiger partial charge on any atom is 0.0431 e. The predicted molar refractivity (Wildman–Crippen MR) is 61.7 cm³/mol. The Morgan fingerprint density at radius 3 is 2.86 bits per heavy atom. The van der Waals surface area contributed by atoms with E-state index in [1.54, 1.807) is 0 Å². The fraction of sp³-hybridized carbons (Fsp3) is 0.636. The van der Waals surface area contributed by atoms with Crippen molar-refractivity contribution in [3.63, 3.8) is 0 Å². The first-order valence-electron chi connectivity index (χ1n) is 5.19. The molecule has 0 fully saturated rings. The molecule has 0 aromatic carbocycles. The Morgan fingerprint density at radius 2 is 2.21 bits per heavy atom. The van der Waals surface area contributed by atoms with Crippen LogP contribution in [0.2, 0.25) is 0 Å². The molecule has 0 amide bonds. The van der Waals surface area contributed by atoms with Gasteiger partial charge >= 0.3 is 0 Å². The van der Waals surface area contributed by atoms with E-state index >= 15 is 0 Å². The molecule has 0 aliphatic heterocycles. The molecule has 0 saturated heterocycles. The Labute approximate surface area is 90.0 Å². The molecule has 0 bridgehead atoms. The number of hydrogen-bond acceptors (Lipinski definition) is 3. The first kappa shape index (κ1) is 11.7. The lowest BCUT2D eigenvalue weighted by molar-refractivity contribution is 0.283. The molecule has 0 aliphatic rings. The summed E-state index contributed by atoms with van der Waals surface area (Å²) in [6.45, 7) is 4.52. The molecule has 0 saturated carbocycles. The van der Waals surface area contributed by atoms with Crippen molar-refractivity contribution in [3.8, 4) is 0 Å². The fourth-order valence-corrected chi connectivity index (χ4v) is 2.20. The summed E-state index contributed by atoms with van der Waals surface area (Å²) in [5.74, 6) is 0. The van der Waals surface area contributed by atoms with Crippen LogP contribution in [0, 0.1) is 6.92 Å². The van der Waals surface area contributed by atoms with Gasteiger partial charge in [0.05, 0.1) is 0 Å². The van der Waals surface area contributed by atoms with E-state index in [-0.39, 0.29) is 0 Å². The zero-order chi connectivity index (χ0) is 10.2. The summed E-state index contributed by atoms with van der Waals surface area (Å²) in [6, 6.07) is 2.16. The van der Waals surface area contributed by atoms with Crippen molar-refractivity contribution in [2.24, 2.45) is 0 Å². The molecule has 14 heavy (non-hydrogen) atoms. The van der Waals surface area contributed by atoms with E-state index in [2.05, 4.69) is 23.7 Å². The minimum absolute atomic E-state index is 0.323. The van der Waals surface area contributed by atoms with Gasteiger partial charge in [0.15, 0.2) is 0 Å².